The first-order valence-electron chi connectivity index (χ1n) is 15.2. The van der Waals surface area contributed by atoms with E-state index in [1.165, 1.54) is 21.3 Å². The summed E-state index contributed by atoms with van der Waals surface area (Å²) < 4.78 is 16.8. The number of benzene rings is 4. The molecule has 3 aliphatic rings. The maximum absolute atomic E-state index is 15.3. The van der Waals surface area contributed by atoms with Crippen LogP contribution in [-0.4, -0.2) is 50.9 Å². The van der Waals surface area contributed by atoms with Gasteiger partial charge in [0.05, 0.1) is 33.3 Å². The van der Waals surface area contributed by atoms with E-state index in [9.17, 15) is 9.59 Å². The van der Waals surface area contributed by atoms with Crippen LogP contribution < -0.4 is 24.4 Å². The lowest BCUT2D eigenvalue weighted by Gasteiger charge is -2.39. The number of anilines is 2. The molecule has 0 aromatic heterocycles. The van der Waals surface area contributed by atoms with Crippen LogP contribution in [0.25, 0.3) is 5.57 Å². The molecule has 4 aromatic carbocycles. The number of carbonyl (C=O) groups excluding carboxylic acids is 3. The number of hydrogen-bond donors (Lipinski definition) is 1. The van der Waals surface area contributed by atoms with Crippen LogP contribution >= 0.6 is 0 Å². The van der Waals surface area contributed by atoms with Crippen LogP contribution in [0.2, 0.25) is 0 Å². The normalized spacial score (nSPS) is 22.4. The number of ether oxygens (including phenoxy) is 3. The minimum atomic E-state index is -1.44. The average molecular weight is 615 g/mol. The molecule has 3 aliphatic heterocycles. The van der Waals surface area contributed by atoms with E-state index in [-0.39, 0.29) is 23.0 Å². The van der Waals surface area contributed by atoms with Gasteiger partial charge in [0, 0.05) is 28.1 Å². The van der Waals surface area contributed by atoms with Gasteiger partial charge < -0.3 is 24.4 Å². The minimum absolute atomic E-state index is 0.242. The number of ketones is 2. The van der Waals surface area contributed by atoms with Crippen LogP contribution in [0.4, 0.5) is 11.4 Å². The molecular formula is C38H34N2O6. The second-order valence-electron chi connectivity index (χ2n) is 12.0. The number of fused-ring (bicyclic) bond motifs is 6. The smallest absolute Gasteiger partial charge is 0.238 e. The monoisotopic (exact) mass is 614 g/mol. The number of allylic oxidation sites excluding steroid dienone is 1. The maximum Gasteiger partial charge on any atom is 0.238 e. The van der Waals surface area contributed by atoms with E-state index in [0.717, 1.165) is 22.4 Å². The number of amides is 1. The summed E-state index contributed by atoms with van der Waals surface area (Å²) in [6.07, 6.45) is 2.05. The fraction of sp³-hybridized carbons (Fsp3) is 0.237. The minimum Gasteiger partial charge on any atom is -0.493 e. The van der Waals surface area contributed by atoms with Gasteiger partial charge in [0.15, 0.2) is 23.1 Å². The van der Waals surface area contributed by atoms with Crippen molar-refractivity contribution in [1.82, 2.24) is 0 Å². The summed E-state index contributed by atoms with van der Waals surface area (Å²) in [6.45, 7) is 4.04. The summed E-state index contributed by atoms with van der Waals surface area (Å²) in [7, 11) is 4.46. The van der Waals surface area contributed by atoms with Gasteiger partial charge in [-0.25, -0.2) is 0 Å². The Morgan fingerprint density at radius 1 is 0.783 bits per heavy atom. The zero-order valence-electron chi connectivity index (χ0n) is 26.3. The average Bonchev–Trinajstić information content (AvgIpc) is 3.55. The summed E-state index contributed by atoms with van der Waals surface area (Å²) >= 11 is 0. The van der Waals surface area contributed by atoms with E-state index in [1.54, 1.807) is 36.4 Å². The summed E-state index contributed by atoms with van der Waals surface area (Å²) in [6, 6.07) is 24.0. The molecule has 46 heavy (non-hydrogen) atoms. The lowest BCUT2D eigenvalue weighted by molar-refractivity contribution is -0.121. The molecule has 1 spiro atoms. The summed E-state index contributed by atoms with van der Waals surface area (Å²) in [5.74, 6) is -1.14. The molecule has 1 amide bonds. The molecule has 0 bridgehead atoms. The van der Waals surface area contributed by atoms with E-state index in [2.05, 4.69) is 17.5 Å². The first kappa shape index (κ1) is 29.3. The third-order valence-corrected chi connectivity index (χ3v) is 9.69. The van der Waals surface area contributed by atoms with Crippen molar-refractivity contribution in [3.8, 4) is 17.2 Å². The molecule has 8 heteroatoms. The largest absolute Gasteiger partial charge is 0.493 e. The number of rotatable bonds is 7. The molecule has 232 valence electrons. The van der Waals surface area contributed by atoms with Crippen LogP contribution in [0.1, 0.15) is 44.3 Å². The van der Waals surface area contributed by atoms with Crippen molar-refractivity contribution in [1.29, 1.82) is 0 Å². The third kappa shape index (κ3) is 4.02. The van der Waals surface area contributed by atoms with Crippen molar-refractivity contribution in [2.75, 3.05) is 31.5 Å². The van der Waals surface area contributed by atoms with Crippen molar-refractivity contribution in [2.24, 2.45) is 5.92 Å². The van der Waals surface area contributed by atoms with E-state index >= 15 is 4.79 Å². The Balaban J connectivity index is 1.56. The molecule has 0 radical (unpaired) electrons. The van der Waals surface area contributed by atoms with E-state index in [1.807, 2.05) is 61.2 Å². The lowest BCUT2D eigenvalue weighted by Crippen LogP contribution is -2.51. The fourth-order valence-corrected chi connectivity index (χ4v) is 7.72. The zero-order chi connectivity index (χ0) is 32.3. The molecule has 0 aliphatic carbocycles. The third-order valence-electron chi connectivity index (χ3n) is 9.69. The van der Waals surface area contributed by atoms with E-state index in [0.29, 0.717) is 34.1 Å². The topological polar surface area (TPSA) is 94.2 Å². The second kappa shape index (κ2) is 10.9. The molecule has 3 heterocycles. The highest BCUT2D eigenvalue weighted by Crippen LogP contribution is 2.59. The second-order valence-corrected chi connectivity index (χ2v) is 12.0. The SMILES string of the molecule is COc1cc(C(=O)[C@@H]2[C@@H](C(=O)c3ccccc3)N3c4ccc(C)cc4C(C)=C[C@H]3[C@]23C(=O)Nc2ccccc23)cc(OC)c1OC. The lowest BCUT2D eigenvalue weighted by atomic mass is 9.64. The Hall–Kier alpha value is -5.37. The number of nitrogens with one attached hydrogen (secondary N) is 1. The predicted molar refractivity (Wildman–Crippen MR) is 176 cm³/mol. The van der Waals surface area contributed by atoms with Crippen LogP contribution in [0.3, 0.4) is 0 Å². The summed E-state index contributed by atoms with van der Waals surface area (Å²) in [5, 5.41) is 3.08. The van der Waals surface area contributed by atoms with Crippen molar-refractivity contribution in [3.63, 3.8) is 0 Å². The van der Waals surface area contributed by atoms with Gasteiger partial charge in [0.1, 0.15) is 11.5 Å². The van der Waals surface area contributed by atoms with Crippen LogP contribution in [0.5, 0.6) is 17.2 Å². The maximum atomic E-state index is 15.3. The molecule has 7 rings (SSSR count). The van der Waals surface area contributed by atoms with Crippen molar-refractivity contribution < 1.29 is 28.6 Å². The number of nitrogens with zero attached hydrogens (tertiary/aromatic N) is 1. The highest BCUT2D eigenvalue weighted by molar-refractivity contribution is 6.18. The van der Waals surface area contributed by atoms with Gasteiger partial charge in [-0.2, -0.15) is 0 Å². The van der Waals surface area contributed by atoms with Crippen molar-refractivity contribution in [2.45, 2.75) is 31.3 Å². The highest BCUT2D eigenvalue weighted by atomic mass is 16.5. The number of Topliss-reactive ketones (excluding diaryl/α,β-unsaturated/α-hetero) is 2. The standard InChI is InChI=1S/C38H34N2O6/c1-21-15-16-28-25(17-21)22(2)18-31-38(26-13-9-10-14-27(26)39-37(38)43)32(33(40(28)31)35(42)23-11-7-6-8-12-23)34(41)24-19-29(44-3)36(46-5)30(20-24)45-4/h6-20,31-33H,1-5H3,(H,39,43)/t31-,32-,33-,38-/m0/s1. The van der Waals surface area contributed by atoms with Crippen LogP contribution in [0, 0.1) is 12.8 Å². The van der Waals surface area contributed by atoms with Gasteiger partial charge in [-0.05, 0) is 55.3 Å². The van der Waals surface area contributed by atoms with Gasteiger partial charge >= 0.3 is 0 Å². The van der Waals surface area contributed by atoms with Gasteiger partial charge in [0.25, 0.3) is 0 Å². The first-order valence-corrected chi connectivity index (χ1v) is 15.2. The Labute approximate surface area is 267 Å². The zero-order valence-corrected chi connectivity index (χ0v) is 26.3. The highest BCUT2D eigenvalue weighted by Gasteiger charge is 2.70. The number of carbonyl (C=O) groups is 3. The molecule has 0 saturated carbocycles. The number of methoxy groups -OCH3 is 3. The summed E-state index contributed by atoms with van der Waals surface area (Å²) in [4.78, 5) is 46.9. The van der Waals surface area contributed by atoms with Crippen LogP contribution in [-0.2, 0) is 10.2 Å². The first-order chi connectivity index (χ1) is 22.3. The number of aryl methyl sites for hydroxylation is 1. The van der Waals surface area contributed by atoms with Crippen molar-refractivity contribution >= 4 is 34.4 Å². The molecule has 1 saturated heterocycles. The Kier molecular flexibility index (Phi) is 6.96. The van der Waals surface area contributed by atoms with E-state index in [4.69, 9.17) is 14.2 Å². The molecule has 4 aromatic rings. The number of hydrogen-bond acceptors (Lipinski definition) is 7. The van der Waals surface area contributed by atoms with Gasteiger partial charge in [0.2, 0.25) is 11.7 Å². The quantitative estimate of drug-likeness (QED) is 0.245. The fourth-order valence-electron chi connectivity index (χ4n) is 7.72. The van der Waals surface area contributed by atoms with Gasteiger partial charge in [-0.15, -0.1) is 0 Å². The molecule has 4 atom stereocenters. The molecular weight excluding hydrogens is 580 g/mol. The summed E-state index contributed by atoms with van der Waals surface area (Å²) in [5.41, 5.74) is 4.39. The Bertz CT molecular complexity index is 1930. The number of para-hydroxylation sites is 1. The Morgan fingerprint density at radius 3 is 2.13 bits per heavy atom. The van der Waals surface area contributed by atoms with Gasteiger partial charge in [-0.3, -0.25) is 14.4 Å². The van der Waals surface area contributed by atoms with Crippen LogP contribution in [0.15, 0.2) is 91.0 Å². The predicted octanol–water partition coefficient (Wildman–Crippen LogP) is 6.27. The molecule has 1 fully saturated rings. The van der Waals surface area contributed by atoms with Crippen molar-refractivity contribution in [3.05, 3.63) is 119 Å². The molecule has 8 nitrogen and oxygen atoms in total. The molecule has 1 N–H and O–H groups in total. The molecule has 0 unspecified atom stereocenters. The Morgan fingerprint density at radius 2 is 1.46 bits per heavy atom. The van der Waals surface area contributed by atoms with E-state index < -0.39 is 23.4 Å². The van der Waals surface area contributed by atoms with Gasteiger partial charge in [-0.1, -0.05) is 66.2 Å².